The van der Waals surface area contributed by atoms with E-state index >= 15 is 0 Å². The first-order chi connectivity index (χ1) is 8.19. The van der Waals surface area contributed by atoms with Crippen molar-refractivity contribution < 1.29 is 14.3 Å². The van der Waals surface area contributed by atoms with Gasteiger partial charge in [0.05, 0.1) is 13.2 Å². The zero-order valence-electron chi connectivity index (χ0n) is 11.1. The second-order valence-corrected chi connectivity index (χ2v) is 4.43. The Labute approximate surface area is 104 Å². The highest BCUT2D eigenvalue weighted by Gasteiger charge is 2.25. The van der Waals surface area contributed by atoms with E-state index in [9.17, 15) is 4.79 Å². The fourth-order valence-electron chi connectivity index (χ4n) is 2.01. The van der Waals surface area contributed by atoms with Crippen molar-refractivity contribution in [3.8, 4) is 0 Å². The van der Waals surface area contributed by atoms with Gasteiger partial charge in [-0.05, 0) is 13.5 Å². The molecule has 0 aromatic heterocycles. The summed E-state index contributed by atoms with van der Waals surface area (Å²) >= 11 is 0. The molecule has 1 rings (SSSR count). The minimum Gasteiger partial charge on any atom is -0.382 e. The molecule has 0 bridgehead atoms. The molecule has 1 saturated heterocycles. The van der Waals surface area contributed by atoms with Gasteiger partial charge in [-0.15, -0.1) is 0 Å². The Balaban J connectivity index is 2.27. The first-order valence-corrected chi connectivity index (χ1v) is 6.23. The number of hydrogen-bond acceptors (Lipinski definition) is 4. The van der Waals surface area contributed by atoms with Crippen LogP contribution in [0.25, 0.3) is 0 Å². The molecule has 0 N–H and O–H groups in total. The summed E-state index contributed by atoms with van der Waals surface area (Å²) in [4.78, 5) is 16.1. The van der Waals surface area contributed by atoms with Crippen molar-refractivity contribution in [2.24, 2.45) is 0 Å². The predicted octanol–water partition coefficient (Wildman–Crippen LogP) is 0.202. The molecule has 17 heavy (non-hydrogen) atoms. The van der Waals surface area contributed by atoms with Gasteiger partial charge in [0.1, 0.15) is 6.61 Å². The Morgan fingerprint density at radius 2 is 2.12 bits per heavy atom. The minimum absolute atomic E-state index is 0.0904. The largest absolute Gasteiger partial charge is 0.382 e. The number of piperazine rings is 1. The summed E-state index contributed by atoms with van der Waals surface area (Å²) in [6.45, 7) is 5.91. The average molecular weight is 244 g/mol. The molecule has 1 atom stereocenters. The number of carbonyl (C=O) groups is 1. The summed E-state index contributed by atoms with van der Waals surface area (Å²) in [5.74, 6) is 0.0904. The highest BCUT2D eigenvalue weighted by molar-refractivity contribution is 5.77. The molecule has 1 amide bonds. The number of ether oxygens (including phenoxy) is 2. The van der Waals surface area contributed by atoms with Crippen LogP contribution in [0.5, 0.6) is 0 Å². The van der Waals surface area contributed by atoms with E-state index < -0.39 is 0 Å². The van der Waals surface area contributed by atoms with E-state index in [1.165, 1.54) is 0 Å². The van der Waals surface area contributed by atoms with Gasteiger partial charge in [0.15, 0.2) is 0 Å². The van der Waals surface area contributed by atoms with Crippen molar-refractivity contribution in [1.29, 1.82) is 0 Å². The number of hydrogen-bond donors (Lipinski definition) is 0. The first kappa shape index (κ1) is 14.4. The maximum atomic E-state index is 11.9. The smallest absolute Gasteiger partial charge is 0.248 e. The molecular weight excluding hydrogens is 220 g/mol. The topological polar surface area (TPSA) is 42.0 Å². The lowest BCUT2D eigenvalue weighted by atomic mass is 10.1. The monoisotopic (exact) mass is 244 g/mol. The van der Waals surface area contributed by atoms with Crippen molar-refractivity contribution in [2.45, 2.75) is 19.4 Å². The molecule has 1 unspecified atom stereocenters. The molecule has 0 saturated carbocycles. The van der Waals surface area contributed by atoms with Gasteiger partial charge in [-0.25, -0.2) is 0 Å². The van der Waals surface area contributed by atoms with Crippen LogP contribution in [0.4, 0.5) is 0 Å². The van der Waals surface area contributed by atoms with E-state index in [4.69, 9.17) is 9.47 Å². The Kier molecular flexibility index (Phi) is 6.47. The Hall–Kier alpha value is -0.650. The number of amides is 1. The SMILES string of the molecule is CCC1CN(C(=O)COCCOC)CCN1C. The van der Waals surface area contributed by atoms with Crippen molar-refractivity contribution in [3.05, 3.63) is 0 Å². The summed E-state index contributed by atoms with van der Waals surface area (Å²) < 4.78 is 10.1. The molecule has 5 heteroatoms. The van der Waals surface area contributed by atoms with Gasteiger partial charge < -0.3 is 14.4 Å². The highest BCUT2D eigenvalue weighted by Crippen LogP contribution is 2.10. The van der Waals surface area contributed by atoms with Gasteiger partial charge in [0, 0.05) is 32.8 Å². The van der Waals surface area contributed by atoms with Crippen molar-refractivity contribution in [2.75, 3.05) is 53.6 Å². The Bertz CT molecular complexity index is 236. The third-order valence-corrected chi connectivity index (χ3v) is 3.26. The second-order valence-electron chi connectivity index (χ2n) is 4.43. The summed E-state index contributed by atoms with van der Waals surface area (Å²) in [6.07, 6.45) is 1.07. The molecule has 100 valence electrons. The standard InChI is InChI=1S/C12H24N2O3/c1-4-11-9-14(6-5-13(11)2)12(15)10-17-8-7-16-3/h11H,4-10H2,1-3H3. The van der Waals surface area contributed by atoms with Crippen LogP contribution in [0.15, 0.2) is 0 Å². The molecule has 0 aromatic rings. The number of rotatable bonds is 6. The van der Waals surface area contributed by atoms with Gasteiger partial charge in [-0.1, -0.05) is 6.92 Å². The summed E-state index contributed by atoms with van der Waals surface area (Å²) in [5, 5.41) is 0. The van der Waals surface area contributed by atoms with Gasteiger partial charge in [-0.2, -0.15) is 0 Å². The molecule has 0 spiro atoms. The fourth-order valence-corrected chi connectivity index (χ4v) is 2.01. The van der Waals surface area contributed by atoms with Crippen LogP contribution in [0.2, 0.25) is 0 Å². The van der Waals surface area contributed by atoms with Gasteiger partial charge in [0.25, 0.3) is 0 Å². The second kappa shape index (κ2) is 7.63. The summed E-state index contributed by atoms with van der Waals surface area (Å²) in [6, 6.07) is 0.478. The van der Waals surface area contributed by atoms with Crippen molar-refractivity contribution >= 4 is 5.91 Å². The number of likely N-dealkylation sites (N-methyl/N-ethyl adjacent to an activating group) is 1. The fraction of sp³-hybridized carbons (Fsp3) is 0.917. The van der Waals surface area contributed by atoms with Crippen LogP contribution in [0.3, 0.4) is 0 Å². The van der Waals surface area contributed by atoms with Gasteiger partial charge >= 0.3 is 0 Å². The lowest BCUT2D eigenvalue weighted by Crippen LogP contribution is -2.53. The van der Waals surface area contributed by atoms with Crippen LogP contribution >= 0.6 is 0 Å². The van der Waals surface area contributed by atoms with Crippen LogP contribution < -0.4 is 0 Å². The van der Waals surface area contributed by atoms with Crippen LogP contribution in [-0.4, -0.2) is 75.4 Å². The van der Waals surface area contributed by atoms with E-state index in [0.717, 1.165) is 26.1 Å². The average Bonchev–Trinajstić information content (AvgIpc) is 2.35. The quantitative estimate of drug-likeness (QED) is 0.626. The third-order valence-electron chi connectivity index (χ3n) is 3.26. The molecule has 1 aliphatic rings. The van der Waals surface area contributed by atoms with Gasteiger partial charge in [0.2, 0.25) is 5.91 Å². The molecule has 1 fully saturated rings. The Morgan fingerprint density at radius 3 is 2.76 bits per heavy atom. The highest BCUT2D eigenvalue weighted by atomic mass is 16.5. The summed E-state index contributed by atoms with van der Waals surface area (Å²) in [5.41, 5.74) is 0. The minimum atomic E-state index is 0.0904. The first-order valence-electron chi connectivity index (χ1n) is 6.23. The van der Waals surface area contributed by atoms with E-state index in [-0.39, 0.29) is 12.5 Å². The lowest BCUT2D eigenvalue weighted by molar-refractivity contribution is -0.139. The molecule has 1 aliphatic heterocycles. The molecule has 0 radical (unpaired) electrons. The van der Waals surface area contributed by atoms with E-state index in [0.29, 0.717) is 19.3 Å². The molecule has 0 aromatic carbocycles. The number of methoxy groups -OCH3 is 1. The normalized spacial score (nSPS) is 21.8. The maximum absolute atomic E-state index is 11.9. The predicted molar refractivity (Wildman–Crippen MR) is 66.0 cm³/mol. The third kappa shape index (κ3) is 4.61. The van der Waals surface area contributed by atoms with E-state index in [1.807, 2.05) is 4.90 Å². The van der Waals surface area contributed by atoms with Crippen molar-refractivity contribution in [1.82, 2.24) is 9.80 Å². The molecular formula is C12H24N2O3. The maximum Gasteiger partial charge on any atom is 0.248 e. The van der Waals surface area contributed by atoms with E-state index in [2.05, 4.69) is 18.9 Å². The molecule has 0 aliphatic carbocycles. The van der Waals surface area contributed by atoms with Gasteiger partial charge in [-0.3, -0.25) is 9.69 Å². The summed E-state index contributed by atoms with van der Waals surface area (Å²) in [7, 11) is 3.74. The lowest BCUT2D eigenvalue weighted by Gasteiger charge is -2.39. The molecule has 5 nitrogen and oxygen atoms in total. The Morgan fingerprint density at radius 1 is 1.35 bits per heavy atom. The van der Waals surface area contributed by atoms with Crippen LogP contribution in [-0.2, 0) is 14.3 Å². The van der Waals surface area contributed by atoms with Crippen LogP contribution in [0, 0.1) is 0 Å². The van der Waals surface area contributed by atoms with Crippen molar-refractivity contribution in [3.63, 3.8) is 0 Å². The van der Waals surface area contributed by atoms with Crippen LogP contribution in [0.1, 0.15) is 13.3 Å². The number of nitrogens with zero attached hydrogens (tertiary/aromatic N) is 2. The zero-order valence-corrected chi connectivity index (χ0v) is 11.1. The van der Waals surface area contributed by atoms with E-state index in [1.54, 1.807) is 7.11 Å². The zero-order chi connectivity index (χ0) is 12.7. The number of carbonyl (C=O) groups excluding carboxylic acids is 1. The molecule has 1 heterocycles.